The lowest BCUT2D eigenvalue weighted by Crippen LogP contribution is -2.28. The Hall–Kier alpha value is -3.72. The van der Waals surface area contributed by atoms with E-state index in [4.69, 9.17) is 0 Å². The van der Waals surface area contributed by atoms with Gasteiger partial charge in [0.15, 0.2) is 0 Å². The molecule has 0 unspecified atom stereocenters. The van der Waals surface area contributed by atoms with Crippen LogP contribution in [0.4, 0.5) is 11.5 Å². The molecule has 0 saturated heterocycles. The zero-order valence-corrected chi connectivity index (χ0v) is 15.0. The van der Waals surface area contributed by atoms with Crippen molar-refractivity contribution >= 4 is 17.4 Å². The summed E-state index contributed by atoms with van der Waals surface area (Å²) in [5, 5.41) is 12.3. The highest BCUT2D eigenvalue weighted by Gasteiger charge is 2.13. The molecule has 1 N–H and O–H groups in total. The molecule has 0 saturated carbocycles. The van der Waals surface area contributed by atoms with Crippen LogP contribution in [0.5, 0.6) is 0 Å². The maximum Gasteiger partial charge on any atom is 0.253 e. The first-order chi connectivity index (χ1) is 13.2. The number of benzene rings is 1. The van der Waals surface area contributed by atoms with Crippen LogP contribution in [0, 0.1) is 11.3 Å². The number of amides is 1. The van der Waals surface area contributed by atoms with Crippen molar-refractivity contribution in [2.75, 3.05) is 18.9 Å². The van der Waals surface area contributed by atoms with E-state index in [1.165, 1.54) is 0 Å². The number of pyridine rings is 2. The van der Waals surface area contributed by atoms with Crippen LogP contribution < -0.4 is 5.32 Å². The monoisotopic (exact) mass is 357 g/mol. The van der Waals surface area contributed by atoms with Gasteiger partial charge < -0.3 is 10.2 Å². The predicted octanol–water partition coefficient (Wildman–Crippen LogP) is 3.41. The number of hydrogen-bond acceptors (Lipinski definition) is 5. The van der Waals surface area contributed by atoms with Crippen molar-refractivity contribution < 1.29 is 4.79 Å². The highest BCUT2D eigenvalue weighted by atomic mass is 16.2. The second kappa shape index (κ2) is 8.59. The molecule has 2 heterocycles. The summed E-state index contributed by atoms with van der Waals surface area (Å²) in [6.07, 6.45) is 5.84. The Balaban J connectivity index is 1.69. The molecule has 3 aromatic rings. The molecule has 1 aromatic carbocycles. The molecule has 6 heteroatoms. The molecule has 0 aliphatic rings. The van der Waals surface area contributed by atoms with E-state index < -0.39 is 0 Å². The third-order valence-corrected chi connectivity index (χ3v) is 4.15. The van der Waals surface area contributed by atoms with Crippen molar-refractivity contribution in [2.24, 2.45) is 0 Å². The van der Waals surface area contributed by atoms with Crippen molar-refractivity contribution in [1.29, 1.82) is 5.26 Å². The molecule has 0 radical (unpaired) electrons. The van der Waals surface area contributed by atoms with E-state index in [0.717, 1.165) is 12.0 Å². The standard InChI is InChI=1S/C21H19N5O/c1-26(13-9-16-6-10-23-11-7-16)21(27)17-8-12-24-20(14-17)25-19-5-3-2-4-18(19)15-22/h2-8,10-12,14H,9,13H2,1H3,(H,24,25). The van der Waals surface area contributed by atoms with Gasteiger partial charge in [-0.25, -0.2) is 4.98 Å². The minimum Gasteiger partial charge on any atom is -0.341 e. The number of aromatic nitrogens is 2. The number of nitrogens with one attached hydrogen (secondary N) is 1. The summed E-state index contributed by atoms with van der Waals surface area (Å²) in [4.78, 5) is 22.6. The number of likely N-dealkylation sites (N-methyl/N-ethyl adjacent to an activating group) is 1. The minimum absolute atomic E-state index is 0.0805. The first-order valence-corrected chi connectivity index (χ1v) is 8.54. The van der Waals surface area contributed by atoms with Gasteiger partial charge in [0.05, 0.1) is 11.3 Å². The van der Waals surface area contributed by atoms with Gasteiger partial charge in [-0.1, -0.05) is 12.1 Å². The van der Waals surface area contributed by atoms with E-state index >= 15 is 0 Å². The second-order valence-electron chi connectivity index (χ2n) is 6.04. The van der Waals surface area contributed by atoms with Crippen LogP contribution >= 0.6 is 0 Å². The van der Waals surface area contributed by atoms with Crippen LogP contribution in [0.2, 0.25) is 0 Å². The highest BCUT2D eigenvalue weighted by Crippen LogP contribution is 2.19. The summed E-state index contributed by atoms with van der Waals surface area (Å²) in [7, 11) is 1.78. The SMILES string of the molecule is CN(CCc1ccncc1)C(=O)c1ccnc(Nc2ccccc2C#N)c1. The summed E-state index contributed by atoms with van der Waals surface area (Å²) in [5.74, 6) is 0.439. The average Bonchev–Trinajstić information content (AvgIpc) is 2.73. The van der Waals surface area contributed by atoms with E-state index in [2.05, 4.69) is 21.4 Å². The van der Waals surface area contributed by atoms with Gasteiger partial charge in [0, 0.05) is 37.7 Å². The molecule has 0 aliphatic carbocycles. The molecule has 27 heavy (non-hydrogen) atoms. The number of rotatable bonds is 6. The van der Waals surface area contributed by atoms with Crippen LogP contribution in [0.1, 0.15) is 21.5 Å². The number of nitriles is 1. The van der Waals surface area contributed by atoms with E-state index in [1.807, 2.05) is 18.2 Å². The molecule has 134 valence electrons. The largest absolute Gasteiger partial charge is 0.341 e. The Morgan fingerprint density at radius 1 is 1.15 bits per heavy atom. The van der Waals surface area contributed by atoms with Crippen LogP contribution in [0.15, 0.2) is 67.1 Å². The lowest BCUT2D eigenvalue weighted by atomic mass is 10.1. The molecule has 0 aliphatic heterocycles. The number of carbonyl (C=O) groups is 1. The fourth-order valence-corrected chi connectivity index (χ4v) is 2.63. The van der Waals surface area contributed by atoms with Crippen LogP contribution in [0.3, 0.4) is 0 Å². The van der Waals surface area contributed by atoms with E-state index in [9.17, 15) is 10.1 Å². The molecular formula is C21H19N5O. The third-order valence-electron chi connectivity index (χ3n) is 4.15. The summed E-state index contributed by atoms with van der Waals surface area (Å²) in [6.45, 7) is 0.602. The molecular weight excluding hydrogens is 338 g/mol. The highest BCUT2D eigenvalue weighted by molar-refractivity contribution is 5.94. The molecule has 0 spiro atoms. The zero-order valence-electron chi connectivity index (χ0n) is 15.0. The normalized spacial score (nSPS) is 10.1. The Kier molecular flexibility index (Phi) is 5.75. The maximum absolute atomic E-state index is 12.7. The smallest absolute Gasteiger partial charge is 0.253 e. The van der Waals surface area contributed by atoms with Gasteiger partial charge in [-0.3, -0.25) is 9.78 Å². The van der Waals surface area contributed by atoms with Crippen molar-refractivity contribution in [3.05, 3.63) is 83.8 Å². The Morgan fingerprint density at radius 2 is 1.93 bits per heavy atom. The molecule has 0 atom stereocenters. The summed E-state index contributed by atoms with van der Waals surface area (Å²) >= 11 is 0. The van der Waals surface area contributed by atoms with E-state index in [1.54, 1.807) is 60.9 Å². The first kappa shape index (κ1) is 18.1. The van der Waals surface area contributed by atoms with Crippen molar-refractivity contribution in [3.63, 3.8) is 0 Å². The van der Waals surface area contributed by atoms with Crippen LogP contribution in [-0.2, 0) is 6.42 Å². The van der Waals surface area contributed by atoms with Crippen molar-refractivity contribution in [3.8, 4) is 6.07 Å². The maximum atomic E-state index is 12.7. The molecule has 0 fully saturated rings. The minimum atomic E-state index is -0.0805. The van der Waals surface area contributed by atoms with Crippen LogP contribution in [-0.4, -0.2) is 34.4 Å². The predicted molar refractivity (Wildman–Crippen MR) is 104 cm³/mol. The fraction of sp³-hybridized carbons (Fsp3) is 0.143. The number of para-hydroxylation sites is 1. The molecule has 6 nitrogen and oxygen atoms in total. The Bertz CT molecular complexity index is 966. The third kappa shape index (κ3) is 4.67. The lowest BCUT2D eigenvalue weighted by Gasteiger charge is -2.17. The zero-order chi connectivity index (χ0) is 19.1. The molecule has 1 amide bonds. The van der Waals surface area contributed by atoms with E-state index in [0.29, 0.717) is 29.2 Å². The van der Waals surface area contributed by atoms with Gasteiger partial charge in [0.2, 0.25) is 0 Å². The average molecular weight is 357 g/mol. The number of nitrogens with zero attached hydrogens (tertiary/aromatic N) is 4. The van der Waals surface area contributed by atoms with Gasteiger partial charge in [-0.2, -0.15) is 5.26 Å². The van der Waals surface area contributed by atoms with Gasteiger partial charge in [0.25, 0.3) is 5.91 Å². The molecule has 0 bridgehead atoms. The number of hydrogen-bond donors (Lipinski definition) is 1. The van der Waals surface area contributed by atoms with Crippen molar-refractivity contribution in [2.45, 2.75) is 6.42 Å². The molecule has 2 aromatic heterocycles. The quantitative estimate of drug-likeness (QED) is 0.731. The summed E-state index contributed by atoms with van der Waals surface area (Å²) < 4.78 is 0. The van der Waals surface area contributed by atoms with Gasteiger partial charge in [-0.15, -0.1) is 0 Å². The second-order valence-corrected chi connectivity index (χ2v) is 6.04. The van der Waals surface area contributed by atoms with Gasteiger partial charge in [0.1, 0.15) is 11.9 Å². The fourth-order valence-electron chi connectivity index (χ4n) is 2.63. The Labute approximate surface area is 158 Å². The van der Waals surface area contributed by atoms with Crippen LogP contribution in [0.25, 0.3) is 0 Å². The van der Waals surface area contributed by atoms with Crippen molar-refractivity contribution in [1.82, 2.24) is 14.9 Å². The Morgan fingerprint density at radius 3 is 2.70 bits per heavy atom. The lowest BCUT2D eigenvalue weighted by molar-refractivity contribution is 0.0796. The first-order valence-electron chi connectivity index (χ1n) is 8.54. The van der Waals surface area contributed by atoms with Gasteiger partial charge in [-0.05, 0) is 48.4 Å². The van der Waals surface area contributed by atoms with Gasteiger partial charge >= 0.3 is 0 Å². The molecule has 3 rings (SSSR count). The topological polar surface area (TPSA) is 81.9 Å². The number of carbonyl (C=O) groups excluding carboxylic acids is 1. The van der Waals surface area contributed by atoms with E-state index in [-0.39, 0.29) is 5.91 Å². The summed E-state index contributed by atoms with van der Waals surface area (Å²) in [6, 6.07) is 16.6. The summed E-state index contributed by atoms with van der Waals surface area (Å²) in [5.41, 5.74) is 2.85. The number of anilines is 2.